The third kappa shape index (κ3) is 2.97. The molecule has 2 rings (SSSR count). The summed E-state index contributed by atoms with van der Waals surface area (Å²) >= 11 is 0. The summed E-state index contributed by atoms with van der Waals surface area (Å²) in [5.41, 5.74) is 0.998. The van der Waals surface area contributed by atoms with Gasteiger partial charge in [-0.2, -0.15) is 4.31 Å². The van der Waals surface area contributed by atoms with Crippen molar-refractivity contribution in [1.82, 2.24) is 9.62 Å². The number of benzene rings is 1. The number of hydrogen-bond acceptors (Lipinski definition) is 4. The van der Waals surface area contributed by atoms with Crippen LogP contribution in [0.2, 0.25) is 0 Å². The van der Waals surface area contributed by atoms with E-state index in [4.69, 9.17) is 4.74 Å². The zero-order valence-corrected chi connectivity index (χ0v) is 13.0. The van der Waals surface area contributed by atoms with Gasteiger partial charge in [0.1, 0.15) is 10.6 Å². The summed E-state index contributed by atoms with van der Waals surface area (Å²) in [6.07, 6.45) is 1.90. The summed E-state index contributed by atoms with van der Waals surface area (Å²) in [7, 11) is -0.119. The van der Waals surface area contributed by atoms with Gasteiger partial charge in [-0.25, -0.2) is 8.42 Å². The Kier molecular flexibility index (Phi) is 4.67. The first-order valence-corrected chi connectivity index (χ1v) is 8.32. The molecule has 1 aromatic rings. The predicted molar refractivity (Wildman–Crippen MR) is 78.3 cm³/mol. The fourth-order valence-electron chi connectivity index (χ4n) is 2.35. The maximum absolute atomic E-state index is 12.7. The van der Waals surface area contributed by atoms with E-state index in [0.717, 1.165) is 18.4 Å². The van der Waals surface area contributed by atoms with Crippen LogP contribution in [0.1, 0.15) is 25.3 Å². The second-order valence-electron chi connectivity index (χ2n) is 4.96. The molecule has 0 spiro atoms. The number of rotatable bonds is 7. The molecule has 112 valence electrons. The molecule has 1 aliphatic carbocycles. The molecule has 1 N–H and O–H groups in total. The lowest BCUT2D eigenvalue weighted by molar-refractivity contribution is 0.390. The van der Waals surface area contributed by atoms with E-state index in [-0.39, 0.29) is 10.9 Å². The van der Waals surface area contributed by atoms with Crippen LogP contribution in [0.15, 0.2) is 23.1 Å². The zero-order chi connectivity index (χ0) is 14.8. The molecular formula is C14H22N2O3S. The van der Waals surface area contributed by atoms with Crippen LogP contribution >= 0.6 is 0 Å². The molecule has 0 bridgehead atoms. The molecule has 5 nitrogen and oxygen atoms in total. The molecule has 0 aromatic heterocycles. The van der Waals surface area contributed by atoms with Gasteiger partial charge in [0.05, 0.1) is 7.11 Å². The molecule has 20 heavy (non-hydrogen) atoms. The average Bonchev–Trinajstić information content (AvgIpc) is 3.24. The highest BCUT2D eigenvalue weighted by molar-refractivity contribution is 7.89. The van der Waals surface area contributed by atoms with Crippen LogP contribution in [0.4, 0.5) is 0 Å². The first-order valence-electron chi connectivity index (χ1n) is 6.88. The van der Waals surface area contributed by atoms with Gasteiger partial charge in [0.2, 0.25) is 10.0 Å². The third-order valence-electron chi connectivity index (χ3n) is 3.46. The maximum atomic E-state index is 12.7. The maximum Gasteiger partial charge on any atom is 0.246 e. The topological polar surface area (TPSA) is 58.6 Å². The van der Waals surface area contributed by atoms with Crippen LogP contribution in [0, 0.1) is 0 Å². The molecule has 0 unspecified atom stereocenters. The standard InChI is InChI=1S/C14H22N2O3S/c1-4-16(12-6-7-12)20(17,18)14-8-5-11(10-15-2)9-13(14)19-3/h5,8-9,12,15H,4,6-7,10H2,1-3H3. The minimum absolute atomic E-state index is 0.159. The number of ether oxygens (including phenoxy) is 1. The normalized spacial score (nSPS) is 15.6. The third-order valence-corrected chi connectivity index (χ3v) is 5.53. The lowest BCUT2D eigenvalue weighted by Crippen LogP contribution is -2.33. The number of sulfonamides is 1. The molecule has 6 heteroatoms. The van der Waals surface area contributed by atoms with Crippen LogP contribution in [0.5, 0.6) is 5.75 Å². The molecular weight excluding hydrogens is 276 g/mol. The summed E-state index contributed by atoms with van der Waals surface area (Å²) in [5, 5.41) is 3.04. The zero-order valence-electron chi connectivity index (χ0n) is 12.2. The Morgan fingerprint density at radius 3 is 2.60 bits per heavy atom. The van der Waals surface area contributed by atoms with Crippen LogP contribution in [-0.2, 0) is 16.6 Å². The van der Waals surface area contributed by atoms with Crippen molar-refractivity contribution in [3.8, 4) is 5.75 Å². The van der Waals surface area contributed by atoms with Gasteiger partial charge in [0, 0.05) is 19.1 Å². The van der Waals surface area contributed by atoms with Gasteiger partial charge in [-0.05, 0) is 37.6 Å². The molecule has 0 amide bonds. The van der Waals surface area contributed by atoms with Gasteiger partial charge < -0.3 is 10.1 Å². The lowest BCUT2D eigenvalue weighted by Gasteiger charge is -2.21. The summed E-state index contributed by atoms with van der Waals surface area (Å²) < 4.78 is 32.3. The molecule has 0 heterocycles. The Bertz CT molecular complexity index is 568. The minimum atomic E-state index is -3.47. The number of nitrogens with zero attached hydrogens (tertiary/aromatic N) is 1. The highest BCUT2D eigenvalue weighted by Crippen LogP contribution is 2.35. The fraction of sp³-hybridized carbons (Fsp3) is 0.571. The van der Waals surface area contributed by atoms with E-state index in [1.165, 1.54) is 7.11 Å². The van der Waals surface area contributed by atoms with E-state index in [2.05, 4.69) is 5.32 Å². The minimum Gasteiger partial charge on any atom is -0.495 e. The van der Waals surface area contributed by atoms with Crippen molar-refractivity contribution < 1.29 is 13.2 Å². The summed E-state index contributed by atoms with van der Waals surface area (Å²) in [4.78, 5) is 0.258. The predicted octanol–water partition coefficient (Wildman–Crippen LogP) is 1.59. The Morgan fingerprint density at radius 1 is 1.40 bits per heavy atom. The summed E-state index contributed by atoms with van der Waals surface area (Å²) in [6, 6.07) is 5.41. The summed E-state index contributed by atoms with van der Waals surface area (Å²) in [6.45, 7) is 3.04. The highest BCUT2D eigenvalue weighted by Gasteiger charge is 2.38. The van der Waals surface area contributed by atoms with Crippen LogP contribution in [0.25, 0.3) is 0 Å². The quantitative estimate of drug-likeness (QED) is 0.830. The van der Waals surface area contributed by atoms with Gasteiger partial charge in [-0.15, -0.1) is 0 Å². The summed E-state index contributed by atoms with van der Waals surface area (Å²) in [5.74, 6) is 0.414. The van der Waals surface area contributed by atoms with Crippen molar-refractivity contribution >= 4 is 10.0 Å². The number of methoxy groups -OCH3 is 1. The van der Waals surface area contributed by atoms with Gasteiger partial charge in [0.15, 0.2) is 0 Å². The Labute approximate surface area is 121 Å². The van der Waals surface area contributed by atoms with E-state index in [1.54, 1.807) is 16.4 Å². The Balaban J connectivity index is 2.39. The van der Waals surface area contributed by atoms with Crippen molar-refractivity contribution in [2.45, 2.75) is 37.2 Å². The lowest BCUT2D eigenvalue weighted by atomic mass is 10.2. The number of nitrogens with one attached hydrogen (secondary N) is 1. The van der Waals surface area contributed by atoms with E-state index < -0.39 is 10.0 Å². The molecule has 1 fully saturated rings. The largest absolute Gasteiger partial charge is 0.495 e. The molecule has 0 saturated heterocycles. The van der Waals surface area contributed by atoms with E-state index in [0.29, 0.717) is 18.8 Å². The van der Waals surface area contributed by atoms with Gasteiger partial charge in [0.25, 0.3) is 0 Å². The smallest absolute Gasteiger partial charge is 0.246 e. The first-order chi connectivity index (χ1) is 9.54. The SMILES string of the molecule is CCN(C1CC1)S(=O)(=O)c1ccc(CNC)cc1OC. The molecule has 0 atom stereocenters. The number of hydrogen-bond donors (Lipinski definition) is 1. The van der Waals surface area contributed by atoms with Crippen molar-refractivity contribution in [1.29, 1.82) is 0 Å². The van der Waals surface area contributed by atoms with E-state index in [9.17, 15) is 8.42 Å². The molecule has 0 aliphatic heterocycles. The molecule has 1 saturated carbocycles. The van der Waals surface area contributed by atoms with Crippen LogP contribution in [-0.4, -0.2) is 39.5 Å². The van der Waals surface area contributed by atoms with E-state index >= 15 is 0 Å². The van der Waals surface area contributed by atoms with Crippen molar-refractivity contribution in [3.05, 3.63) is 23.8 Å². The fourth-order valence-corrected chi connectivity index (χ4v) is 4.18. The molecule has 1 aromatic carbocycles. The van der Waals surface area contributed by atoms with Gasteiger partial charge in [-0.1, -0.05) is 13.0 Å². The van der Waals surface area contributed by atoms with Crippen molar-refractivity contribution in [3.63, 3.8) is 0 Å². The highest BCUT2D eigenvalue weighted by atomic mass is 32.2. The Morgan fingerprint density at radius 2 is 2.10 bits per heavy atom. The van der Waals surface area contributed by atoms with Crippen molar-refractivity contribution in [2.75, 3.05) is 20.7 Å². The average molecular weight is 298 g/mol. The van der Waals surface area contributed by atoms with Crippen LogP contribution < -0.4 is 10.1 Å². The molecule has 0 radical (unpaired) electrons. The van der Waals surface area contributed by atoms with E-state index in [1.807, 2.05) is 20.0 Å². The van der Waals surface area contributed by atoms with Gasteiger partial charge >= 0.3 is 0 Å². The van der Waals surface area contributed by atoms with Crippen molar-refractivity contribution in [2.24, 2.45) is 0 Å². The molecule has 1 aliphatic rings. The van der Waals surface area contributed by atoms with Gasteiger partial charge in [-0.3, -0.25) is 0 Å². The Hall–Kier alpha value is -1.11. The second kappa shape index (κ2) is 6.11. The first kappa shape index (κ1) is 15.3. The van der Waals surface area contributed by atoms with Crippen LogP contribution in [0.3, 0.4) is 0 Å². The monoisotopic (exact) mass is 298 g/mol. The second-order valence-corrected chi connectivity index (χ2v) is 6.81.